The summed E-state index contributed by atoms with van der Waals surface area (Å²) in [5, 5.41) is 17.1. The highest BCUT2D eigenvalue weighted by Crippen LogP contribution is 2.29. The van der Waals surface area contributed by atoms with Crippen molar-refractivity contribution < 1.29 is 23.0 Å². The molecular weight excluding hydrogens is 320 g/mol. The minimum absolute atomic E-state index is 0.309. The zero-order valence-electron chi connectivity index (χ0n) is 9.82. The van der Waals surface area contributed by atoms with Gasteiger partial charge in [-0.1, -0.05) is 23.2 Å². The third-order valence-corrected chi connectivity index (χ3v) is 4.82. The number of hydrogen-bond acceptors (Lipinski definition) is 4. The fourth-order valence-corrected chi connectivity index (χ4v) is 3.35. The number of rotatable bonds is 5. The van der Waals surface area contributed by atoms with Crippen LogP contribution in [0.3, 0.4) is 0 Å². The summed E-state index contributed by atoms with van der Waals surface area (Å²) < 4.78 is 39.6. The SMILES string of the molecule is CC(CO)(CO)NS(=O)(=O)c1ccc(Cl)c(F)c1Cl. The molecule has 0 atom stereocenters. The van der Waals surface area contributed by atoms with Crippen molar-refractivity contribution in [2.24, 2.45) is 0 Å². The monoisotopic (exact) mass is 331 g/mol. The number of sulfonamides is 1. The van der Waals surface area contributed by atoms with E-state index >= 15 is 0 Å². The van der Waals surface area contributed by atoms with Gasteiger partial charge in [-0.05, 0) is 19.1 Å². The number of aliphatic hydroxyl groups is 2. The minimum Gasteiger partial charge on any atom is -0.394 e. The number of aliphatic hydroxyl groups excluding tert-OH is 2. The van der Waals surface area contributed by atoms with Gasteiger partial charge in [0.05, 0.1) is 28.8 Å². The lowest BCUT2D eigenvalue weighted by molar-refractivity contribution is 0.122. The van der Waals surface area contributed by atoms with Crippen molar-refractivity contribution in [3.8, 4) is 0 Å². The van der Waals surface area contributed by atoms with E-state index in [0.717, 1.165) is 12.1 Å². The molecule has 108 valence electrons. The van der Waals surface area contributed by atoms with Crippen LogP contribution in [0, 0.1) is 5.82 Å². The highest BCUT2D eigenvalue weighted by molar-refractivity contribution is 7.89. The minimum atomic E-state index is -4.21. The molecule has 0 spiro atoms. The number of hydrogen-bond donors (Lipinski definition) is 3. The van der Waals surface area contributed by atoms with Crippen LogP contribution >= 0.6 is 23.2 Å². The van der Waals surface area contributed by atoms with Gasteiger partial charge in [0, 0.05) is 0 Å². The summed E-state index contributed by atoms with van der Waals surface area (Å²) in [6.07, 6.45) is 0. The van der Waals surface area contributed by atoms with Crippen LogP contribution in [0.25, 0.3) is 0 Å². The predicted octanol–water partition coefficient (Wildman–Crippen LogP) is 1.15. The molecule has 3 N–H and O–H groups in total. The van der Waals surface area contributed by atoms with Crippen LogP contribution in [-0.4, -0.2) is 37.4 Å². The van der Waals surface area contributed by atoms with E-state index in [1.807, 2.05) is 0 Å². The molecule has 0 aliphatic carbocycles. The van der Waals surface area contributed by atoms with Gasteiger partial charge in [-0.2, -0.15) is 0 Å². The first-order chi connectivity index (χ1) is 8.67. The Morgan fingerprint density at radius 2 is 1.84 bits per heavy atom. The summed E-state index contributed by atoms with van der Waals surface area (Å²) in [5.74, 6) is -1.05. The summed E-state index contributed by atoms with van der Waals surface area (Å²) >= 11 is 11.1. The molecule has 0 radical (unpaired) electrons. The van der Waals surface area contributed by atoms with Crippen molar-refractivity contribution >= 4 is 33.2 Å². The Balaban J connectivity index is 3.26. The maximum Gasteiger partial charge on any atom is 0.242 e. The maximum absolute atomic E-state index is 13.5. The van der Waals surface area contributed by atoms with Crippen molar-refractivity contribution in [1.29, 1.82) is 0 Å². The van der Waals surface area contributed by atoms with E-state index in [2.05, 4.69) is 4.72 Å². The third-order valence-electron chi connectivity index (χ3n) is 2.37. The van der Waals surface area contributed by atoms with Crippen molar-refractivity contribution in [3.63, 3.8) is 0 Å². The molecule has 0 aromatic heterocycles. The maximum atomic E-state index is 13.5. The van der Waals surface area contributed by atoms with Crippen LogP contribution in [0.4, 0.5) is 4.39 Å². The molecule has 9 heteroatoms. The Bertz CT molecular complexity index is 575. The average Bonchev–Trinajstić information content (AvgIpc) is 2.35. The molecular formula is C10H12Cl2FNO4S. The Kier molecular flexibility index (Phi) is 5.16. The Hall–Kier alpha value is -0.440. The molecule has 0 aliphatic heterocycles. The second-order valence-corrected chi connectivity index (χ2v) is 6.59. The fourth-order valence-electron chi connectivity index (χ4n) is 1.21. The van der Waals surface area contributed by atoms with Gasteiger partial charge in [-0.15, -0.1) is 0 Å². The molecule has 1 aromatic carbocycles. The Labute approximate surface area is 120 Å². The van der Waals surface area contributed by atoms with Crippen LogP contribution in [0.1, 0.15) is 6.92 Å². The van der Waals surface area contributed by atoms with Gasteiger partial charge in [0.25, 0.3) is 0 Å². The largest absolute Gasteiger partial charge is 0.394 e. The van der Waals surface area contributed by atoms with E-state index in [9.17, 15) is 12.8 Å². The van der Waals surface area contributed by atoms with Crippen molar-refractivity contribution in [3.05, 3.63) is 28.0 Å². The number of nitrogens with one attached hydrogen (secondary N) is 1. The van der Waals surface area contributed by atoms with Crippen LogP contribution in [-0.2, 0) is 10.0 Å². The standard InChI is InChI=1S/C10H12Cl2FNO4S/c1-10(4-15,5-16)14-19(17,18)7-3-2-6(11)9(13)8(7)12/h2-3,14-16H,4-5H2,1H3. The predicted molar refractivity (Wildman–Crippen MR) is 69.3 cm³/mol. The van der Waals surface area contributed by atoms with E-state index in [-0.39, 0.29) is 5.02 Å². The summed E-state index contributed by atoms with van der Waals surface area (Å²) in [6.45, 7) is -0.00241. The zero-order chi connectivity index (χ0) is 14.8. The molecule has 0 amide bonds. The lowest BCUT2D eigenvalue weighted by Gasteiger charge is -2.26. The van der Waals surface area contributed by atoms with Gasteiger partial charge < -0.3 is 10.2 Å². The quantitative estimate of drug-likeness (QED) is 0.706. The molecule has 19 heavy (non-hydrogen) atoms. The van der Waals surface area contributed by atoms with Gasteiger partial charge in [0.2, 0.25) is 10.0 Å². The van der Waals surface area contributed by atoms with E-state index in [1.165, 1.54) is 6.92 Å². The average molecular weight is 332 g/mol. The van der Waals surface area contributed by atoms with E-state index < -0.39 is 44.5 Å². The molecule has 1 aromatic rings. The number of halogens is 3. The number of benzene rings is 1. The first-order valence-electron chi connectivity index (χ1n) is 5.06. The lowest BCUT2D eigenvalue weighted by Crippen LogP contribution is -2.51. The van der Waals surface area contributed by atoms with E-state index in [4.69, 9.17) is 33.4 Å². The van der Waals surface area contributed by atoms with Gasteiger partial charge in [0.1, 0.15) is 4.90 Å². The molecule has 0 unspecified atom stereocenters. The second-order valence-electron chi connectivity index (χ2n) is 4.16. The molecule has 0 bridgehead atoms. The zero-order valence-corrected chi connectivity index (χ0v) is 12.2. The molecule has 0 fully saturated rings. The molecule has 0 heterocycles. The molecule has 1 rings (SSSR count). The highest BCUT2D eigenvalue weighted by Gasteiger charge is 2.31. The molecule has 0 saturated carbocycles. The van der Waals surface area contributed by atoms with Crippen LogP contribution < -0.4 is 4.72 Å². The first kappa shape index (κ1) is 16.6. The molecule has 0 saturated heterocycles. The summed E-state index contributed by atoms with van der Waals surface area (Å²) in [5.41, 5.74) is -1.49. The van der Waals surface area contributed by atoms with Crippen LogP contribution in [0.5, 0.6) is 0 Å². The fraction of sp³-hybridized carbons (Fsp3) is 0.400. The summed E-state index contributed by atoms with van der Waals surface area (Å²) in [6, 6.07) is 2.08. The van der Waals surface area contributed by atoms with Crippen molar-refractivity contribution in [2.45, 2.75) is 17.4 Å². The van der Waals surface area contributed by atoms with Gasteiger partial charge in [0.15, 0.2) is 5.82 Å². The van der Waals surface area contributed by atoms with Crippen LogP contribution in [0.15, 0.2) is 17.0 Å². The van der Waals surface area contributed by atoms with Crippen molar-refractivity contribution in [1.82, 2.24) is 4.72 Å². The van der Waals surface area contributed by atoms with Gasteiger partial charge in [-0.3, -0.25) is 0 Å². The lowest BCUT2D eigenvalue weighted by atomic mass is 10.1. The van der Waals surface area contributed by atoms with Gasteiger partial charge >= 0.3 is 0 Å². The topological polar surface area (TPSA) is 86.6 Å². The Morgan fingerprint density at radius 3 is 2.32 bits per heavy atom. The van der Waals surface area contributed by atoms with Crippen LogP contribution in [0.2, 0.25) is 10.0 Å². The van der Waals surface area contributed by atoms with Crippen molar-refractivity contribution in [2.75, 3.05) is 13.2 Å². The molecule has 0 aliphatic rings. The summed E-state index contributed by atoms with van der Waals surface area (Å²) in [4.78, 5) is -0.524. The van der Waals surface area contributed by atoms with E-state index in [0.29, 0.717) is 0 Å². The second kappa shape index (κ2) is 5.90. The normalized spacial score (nSPS) is 12.7. The van der Waals surface area contributed by atoms with E-state index in [1.54, 1.807) is 0 Å². The highest BCUT2D eigenvalue weighted by atomic mass is 35.5. The Morgan fingerprint density at radius 1 is 1.32 bits per heavy atom. The first-order valence-corrected chi connectivity index (χ1v) is 7.30. The van der Waals surface area contributed by atoms with Gasteiger partial charge in [-0.25, -0.2) is 17.5 Å². The molecule has 5 nitrogen and oxygen atoms in total. The summed E-state index contributed by atoms with van der Waals surface area (Å²) in [7, 11) is -4.21. The smallest absolute Gasteiger partial charge is 0.242 e. The third kappa shape index (κ3) is 3.56.